The van der Waals surface area contributed by atoms with Gasteiger partial charge in [-0.1, -0.05) is 0 Å². The molecule has 18 heavy (non-hydrogen) atoms. The number of ether oxygens (including phenoxy) is 1. The quantitative estimate of drug-likeness (QED) is 0.869. The van der Waals surface area contributed by atoms with Gasteiger partial charge in [0.25, 0.3) is 0 Å². The summed E-state index contributed by atoms with van der Waals surface area (Å²) in [5, 5.41) is 8.73. The first-order chi connectivity index (χ1) is 8.65. The number of aromatic carboxylic acids is 1. The van der Waals surface area contributed by atoms with Gasteiger partial charge in [-0.15, -0.1) is 0 Å². The zero-order chi connectivity index (χ0) is 13.0. The van der Waals surface area contributed by atoms with E-state index in [1.54, 1.807) is 6.07 Å². The molecule has 1 fully saturated rings. The summed E-state index contributed by atoms with van der Waals surface area (Å²) in [5.41, 5.74) is 0.792. The number of carboxylic acids is 1. The van der Waals surface area contributed by atoms with Gasteiger partial charge in [0.2, 0.25) is 0 Å². The van der Waals surface area contributed by atoms with E-state index in [0.717, 1.165) is 19.4 Å². The van der Waals surface area contributed by atoms with Crippen molar-refractivity contribution in [1.82, 2.24) is 4.98 Å². The smallest absolute Gasteiger partial charge is 0.337 e. The normalized spacial score (nSPS) is 20.8. The Morgan fingerprint density at radius 1 is 1.56 bits per heavy atom. The van der Waals surface area contributed by atoms with E-state index in [-0.39, 0.29) is 11.7 Å². The summed E-state index contributed by atoms with van der Waals surface area (Å²) >= 11 is 0. The van der Waals surface area contributed by atoms with Gasteiger partial charge in [-0.25, -0.2) is 4.79 Å². The third-order valence-corrected chi connectivity index (χ3v) is 4.14. The second-order valence-corrected chi connectivity index (χ2v) is 5.73. The van der Waals surface area contributed by atoms with Gasteiger partial charge in [0.05, 0.1) is 28.9 Å². The Labute approximate surface area is 108 Å². The highest BCUT2D eigenvalue weighted by Gasteiger charge is 2.18. The molecule has 0 aromatic carbocycles. The Morgan fingerprint density at radius 2 is 2.39 bits per heavy atom. The topological polar surface area (TPSA) is 76.5 Å². The molecular weight excluding hydrogens is 254 g/mol. The van der Waals surface area contributed by atoms with Gasteiger partial charge in [-0.3, -0.25) is 9.19 Å². The maximum atomic E-state index is 11.9. The second kappa shape index (κ2) is 6.06. The van der Waals surface area contributed by atoms with E-state index in [2.05, 4.69) is 4.98 Å². The lowest BCUT2D eigenvalue weighted by molar-refractivity contribution is 0.0696. The number of carboxylic acid groups (broad SMARTS) is 1. The van der Waals surface area contributed by atoms with Crippen molar-refractivity contribution in [2.75, 3.05) is 12.4 Å². The van der Waals surface area contributed by atoms with Gasteiger partial charge < -0.3 is 9.84 Å². The van der Waals surface area contributed by atoms with Crippen LogP contribution in [0.4, 0.5) is 0 Å². The molecule has 1 N–H and O–H groups in total. The lowest BCUT2D eigenvalue weighted by Crippen LogP contribution is -2.17. The maximum absolute atomic E-state index is 11.9. The summed E-state index contributed by atoms with van der Waals surface area (Å²) in [6.07, 6.45) is 3.40. The minimum atomic E-state index is -1.01. The number of hydrogen-bond acceptors (Lipinski definition) is 4. The highest BCUT2D eigenvalue weighted by Crippen LogP contribution is 2.14. The molecule has 2 heterocycles. The molecule has 1 aromatic heterocycles. The summed E-state index contributed by atoms with van der Waals surface area (Å²) in [6.45, 7) is 0.757. The van der Waals surface area contributed by atoms with E-state index >= 15 is 0 Å². The molecule has 2 unspecified atom stereocenters. The molecule has 0 amide bonds. The number of aromatic nitrogens is 1. The minimum Gasteiger partial charge on any atom is -0.478 e. The molecule has 1 aliphatic rings. The highest BCUT2D eigenvalue weighted by atomic mass is 32.2. The van der Waals surface area contributed by atoms with Crippen molar-refractivity contribution in [1.29, 1.82) is 0 Å². The van der Waals surface area contributed by atoms with E-state index in [4.69, 9.17) is 9.84 Å². The van der Waals surface area contributed by atoms with Crippen molar-refractivity contribution in [3.8, 4) is 0 Å². The van der Waals surface area contributed by atoms with E-state index in [9.17, 15) is 9.00 Å². The third kappa shape index (κ3) is 3.61. The third-order valence-electron chi connectivity index (χ3n) is 2.78. The molecule has 0 spiro atoms. The molecule has 1 aromatic rings. The highest BCUT2D eigenvalue weighted by molar-refractivity contribution is 7.84. The number of pyridine rings is 1. The minimum absolute atomic E-state index is 0.101. The zero-order valence-electron chi connectivity index (χ0n) is 9.87. The van der Waals surface area contributed by atoms with E-state index < -0.39 is 16.8 Å². The van der Waals surface area contributed by atoms with Crippen LogP contribution in [0.2, 0.25) is 0 Å². The van der Waals surface area contributed by atoms with Crippen LogP contribution < -0.4 is 0 Å². The molecule has 5 nitrogen and oxygen atoms in total. The summed E-state index contributed by atoms with van der Waals surface area (Å²) in [7, 11) is -1.01. The van der Waals surface area contributed by atoms with Crippen molar-refractivity contribution < 1.29 is 18.8 Å². The van der Waals surface area contributed by atoms with Crippen LogP contribution in [-0.4, -0.2) is 38.7 Å². The van der Waals surface area contributed by atoms with Gasteiger partial charge in [-0.05, 0) is 25.0 Å². The largest absolute Gasteiger partial charge is 0.478 e. The molecule has 0 saturated carbocycles. The first-order valence-corrected chi connectivity index (χ1v) is 7.29. The van der Waals surface area contributed by atoms with Gasteiger partial charge in [0.15, 0.2) is 0 Å². The van der Waals surface area contributed by atoms with Crippen molar-refractivity contribution in [3.05, 3.63) is 29.6 Å². The SMILES string of the molecule is O=C(O)c1ccc(CS(=O)CC2CCCO2)nc1. The maximum Gasteiger partial charge on any atom is 0.337 e. The fourth-order valence-corrected chi connectivity index (χ4v) is 3.14. The van der Waals surface area contributed by atoms with E-state index in [1.807, 2.05) is 0 Å². The lowest BCUT2D eigenvalue weighted by Gasteiger charge is -2.08. The van der Waals surface area contributed by atoms with Crippen molar-refractivity contribution >= 4 is 16.8 Å². The summed E-state index contributed by atoms with van der Waals surface area (Å²) in [4.78, 5) is 14.6. The van der Waals surface area contributed by atoms with E-state index in [0.29, 0.717) is 17.2 Å². The Balaban J connectivity index is 1.88. The van der Waals surface area contributed by atoms with Crippen molar-refractivity contribution in [3.63, 3.8) is 0 Å². The monoisotopic (exact) mass is 269 g/mol. The number of carbonyl (C=O) groups is 1. The number of hydrogen-bond donors (Lipinski definition) is 1. The van der Waals surface area contributed by atoms with Crippen LogP contribution in [-0.2, 0) is 21.3 Å². The van der Waals surface area contributed by atoms with Gasteiger partial charge in [0.1, 0.15) is 0 Å². The lowest BCUT2D eigenvalue weighted by atomic mass is 10.2. The predicted octanol–water partition coefficient (Wildman–Crippen LogP) is 1.21. The first-order valence-electron chi connectivity index (χ1n) is 5.80. The average Bonchev–Trinajstić information content (AvgIpc) is 2.82. The molecule has 6 heteroatoms. The van der Waals surface area contributed by atoms with Gasteiger partial charge >= 0.3 is 5.97 Å². The van der Waals surface area contributed by atoms with Gasteiger partial charge in [0, 0.05) is 23.6 Å². The van der Waals surface area contributed by atoms with Crippen LogP contribution in [0.1, 0.15) is 28.9 Å². The molecule has 1 saturated heterocycles. The van der Waals surface area contributed by atoms with Gasteiger partial charge in [-0.2, -0.15) is 0 Å². The molecular formula is C12H15NO4S. The Hall–Kier alpha value is -1.27. The Kier molecular flexibility index (Phi) is 4.43. The summed E-state index contributed by atoms with van der Waals surface area (Å²) < 4.78 is 17.3. The van der Waals surface area contributed by atoms with Crippen LogP contribution in [0.25, 0.3) is 0 Å². The number of nitrogens with zero attached hydrogens (tertiary/aromatic N) is 1. The molecule has 2 rings (SSSR count). The van der Waals surface area contributed by atoms with Crippen LogP contribution in [0.5, 0.6) is 0 Å². The average molecular weight is 269 g/mol. The van der Waals surface area contributed by atoms with E-state index in [1.165, 1.54) is 12.3 Å². The standard InChI is InChI=1S/C12H15NO4S/c14-12(15)9-3-4-10(13-6-9)7-18(16)8-11-2-1-5-17-11/h3-4,6,11H,1-2,5,7-8H2,(H,14,15). The second-order valence-electron chi connectivity index (χ2n) is 4.23. The van der Waals surface area contributed by atoms with Crippen molar-refractivity contribution in [2.45, 2.75) is 24.7 Å². The van der Waals surface area contributed by atoms with Crippen LogP contribution in [0.15, 0.2) is 18.3 Å². The Bertz CT molecular complexity index is 440. The predicted molar refractivity (Wildman–Crippen MR) is 66.9 cm³/mol. The zero-order valence-corrected chi connectivity index (χ0v) is 10.7. The summed E-state index contributed by atoms with van der Waals surface area (Å²) in [5.74, 6) is -0.128. The molecule has 98 valence electrons. The first kappa shape index (κ1) is 13.2. The van der Waals surface area contributed by atoms with Crippen molar-refractivity contribution in [2.24, 2.45) is 0 Å². The molecule has 0 radical (unpaired) electrons. The number of rotatable bonds is 5. The molecule has 2 atom stereocenters. The fraction of sp³-hybridized carbons (Fsp3) is 0.500. The van der Waals surface area contributed by atoms with Crippen LogP contribution in [0, 0.1) is 0 Å². The van der Waals surface area contributed by atoms with Crippen LogP contribution in [0.3, 0.4) is 0 Å². The fourth-order valence-electron chi connectivity index (χ4n) is 1.84. The molecule has 1 aliphatic heterocycles. The van der Waals surface area contributed by atoms with Crippen LogP contribution >= 0.6 is 0 Å². The Morgan fingerprint density at radius 3 is 2.94 bits per heavy atom. The molecule has 0 bridgehead atoms. The molecule has 0 aliphatic carbocycles. The summed E-state index contributed by atoms with van der Waals surface area (Å²) in [6, 6.07) is 3.09.